The smallest absolute Gasteiger partial charge is 0.270 e. The molecule has 0 bridgehead atoms. The maximum atomic E-state index is 13.1. The molecule has 8 nitrogen and oxygen atoms in total. The molecule has 0 spiro atoms. The zero-order chi connectivity index (χ0) is 20.6. The Hall–Kier alpha value is -1.87. The Bertz CT molecular complexity index is 874. The van der Waals surface area contributed by atoms with Crippen molar-refractivity contribution >= 4 is 21.8 Å². The van der Waals surface area contributed by atoms with E-state index in [1.165, 1.54) is 16.6 Å². The molecule has 160 valence electrons. The first-order valence-electron chi connectivity index (χ1n) is 10.6. The first-order chi connectivity index (χ1) is 13.9. The van der Waals surface area contributed by atoms with Gasteiger partial charge in [0.2, 0.25) is 15.9 Å². The molecule has 3 aliphatic rings. The molecule has 2 amide bonds. The average molecular weight is 423 g/mol. The van der Waals surface area contributed by atoms with Gasteiger partial charge in [-0.3, -0.25) is 9.59 Å². The predicted molar refractivity (Wildman–Crippen MR) is 108 cm³/mol. The van der Waals surface area contributed by atoms with Crippen LogP contribution in [0.5, 0.6) is 0 Å². The molecule has 0 aliphatic carbocycles. The lowest BCUT2D eigenvalue weighted by atomic mass is 9.97. The van der Waals surface area contributed by atoms with Gasteiger partial charge >= 0.3 is 0 Å². The summed E-state index contributed by atoms with van der Waals surface area (Å²) in [7, 11) is -1.96. The summed E-state index contributed by atoms with van der Waals surface area (Å²) >= 11 is 0. The summed E-state index contributed by atoms with van der Waals surface area (Å²) in [5.74, 6) is -0.0123. The van der Waals surface area contributed by atoms with Crippen LogP contribution in [0.4, 0.5) is 0 Å². The van der Waals surface area contributed by atoms with Crippen LogP contribution < -0.4 is 0 Å². The molecule has 0 unspecified atom stereocenters. The number of hydrogen-bond acceptors (Lipinski definition) is 4. The quantitative estimate of drug-likeness (QED) is 0.732. The molecule has 3 fully saturated rings. The molecule has 0 aromatic carbocycles. The number of aromatic nitrogens is 1. The average Bonchev–Trinajstić information content (AvgIpc) is 3.48. The molecule has 1 aromatic rings. The van der Waals surface area contributed by atoms with E-state index in [0.717, 1.165) is 51.9 Å². The van der Waals surface area contributed by atoms with Crippen molar-refractivity contribution < 1.29 is 18.0 Å². The van der Waals surface area contributed by atoms with E-state index in [2.05, 4.69) is 0 Å². The summed E-state index contributed by atoms with van der Waals surface area (Å²) in [4.78, 5) is 29.1. The summed E-state index contributed by atoms with van der Waals surface area (Å²) in [5.41, 5.74) is 0.407. The fraction of sp³-hybridized carbons (Fsp3) is 0.700. The van der Waals surface area contributed by atoms with E-state index in [-0.39, 0.29) is 22.6 Å². The van der Waals surface area contributed by atoms with E-state index in [0.29, 0.717) is 31.6 Å². The van der Waals surface area contributed by atoms with E-state index in [1.54, 1.807) is 16.5 Å². The van der Waals surface area contributed by atoms with Crippen LogP contribution in [0.15, 0.2) is 17.2 Å². The van der Waals surface area contributed by atoms with Gasteiger partial charge in [-0.2, -0.15) is 4.31 Å². The third kappa shape index (κ3) is 3.94. The number of carbonyl (C=O) groups is 2. The van der Waals surface area contributed by atoms with Crippen LogP contribution in [0.2, 0.25) is 0 Å². The van der Waals surface area contributed by atoms with E-state index in [4.69, 9.17) is 0 Å². The molecule has 4 rings (SSSR count). The summed E-state index contributed by atoms with van der Waals surface area (Å²) in [6.45, 7) is 3.80. The number of aryl methyl sites for hydroxylation is 1. The maximum Gasteiger partial charge on any atom is 0.270 e. The van der Waals surface area contributed by atoms with Crippen molar-refractivity contribution in [2.24, 2.45) is 13.0 Å². The Morgan fingerprint density at radius 1 is 0.897 bits per heavy atom. The van der Waals surface area contributed by atoms with Gasteiger partial charge in [-0.1, -0.05) is 0 Å². The van der Waals surface area contributed by atoms with Crippen molar-refractivity contribution in [3.8, 4) is 0 Å². The Kier molecular flexibility index (Phi) is 5.70. The Balaban J connectivity index is 1.43. The number of likely N-dealkylation sites (tertiary alicyclic amines) is 2. The van der Waals surface area contributed by atoms with Gasteiger partial charge in [0, 0.05) is 58.4 Å². The van der Waals surface area contributed by atoms with Gasteiger partial charge in [-0.05, 0) is 44.6 Å². The highest BCUT2D eigenvalue weighted by molar-refractivity contribution is 7.89. The largest absolute Gasteiger partial charge is 0.345 e. The van der Waals surface area contributed by atoms with E-state index in [9.17, 15) is 18.0 Å². The Labute approximate surface area is 172 Å². The molecule has 3 aliphatic heterocycles. The lowest BCUT2D eigenvalue weighted by Gasteiger charge is -2.32. The third-order valence-electron chi connectivity index (χ3n) is 6.45. The topological polar surface area (TPSA) is 82.9 Å². The number of rotatable bonds is 4. The second-order valence-corrected chi connectivity index (χ2v) is 10.3. The molecule has 0 saturated carbocycles. The van der Waals surface area contributed by atoms with Crippen LogP contribution in [0.25, 0.3) is 0 Å². The number of piperidine rings is 1. The van der Waals surface area contributed by atoms with Crippen molar-refractivity contribution in [3.63, 3.8) is 0 Å². The van der Waals surface area contributed by atoms with E-state index < -0.39 is 10.0 Å². The first kappa shape index (κ1) is 20.4. The third-order valence-corrected chi connectivity index (χ3v) is 8.31. The second kappa shape index (κ2) is 8.10. The highest BCUT2D eigenvalue weighted by atomic mass is 32.2. The zero-order valence-electron chi connectivity index (χ0n) is 17.0. The number of sulfonamides is 1. The molecule has 1 aromatic heterocycles. The van der Waals surface area contributed by atoms with Crippen LogP contribution in [0, 0.1) is 5.92 Å². The maximum absolute atomic E-state index is 13.1. The standard InChI is InChI=1S/C20H30N4O4S/c1-21-15-17(14-18(21)20(26)23-10-4-5-11-23)29(27,28)24-12-6-16(7-13-24)19(25)22-8-2-3-9-22/h14-16H,2-13H2,1H3. The number of hydrogen-bond donors (Lipinski definition) is 0. The minimum Gasteiger partial charge on any atom is -0.345 e. The van der Waals surface area contributed by atoms with Crippen molar-refractivity contribution in [1.29, 1.82) is 0 Å². The van der Waals surface area contributed by atoms with Gasteiger partial charge in [0.05, 0.1) is 0 Å². The fourth-order valence-corrected chi connectivity index (χ4v) is 6.20. The molecular formula is C20H30N4O4S. The normalized spacial score (nSPS) is 21.8. The van der Waals surface area contributed by atoms with Gasteiger partial charge in [-0.25, -0.2) is 8.42 Å². The zero-order valence-corrected chi connectivity index (χ0v) is 17.9. The van der Waals surface area contributed by atoms with Gasteiger partial charge < -0.3 is 14.4 Å². The number of nitrogens with zero attached hydrogens (tertiary/aromatic N) is 4. The monoisotopic (exact) mass is 422 g/mol. The van der Waals surface area contributed by atoms with Gasteiger partial charge in [-0.15, -0.1) is 0 Å². The minimum atomic E-state index is -3.67. The fourth-order valence-electron chi connectivity index (χ4n) is 4.66. The lowest BCUT2D eigenvalue weighted by molar-refractivity contribution is -0.135. The lowest BCUT2D eigenvalue weighted by Crippen LogP contribution is -2.43. The van der Waals surface area contributed by atoms with Crippen LogP contribution in [-0.2, 0) is 21.9 Å². The highest BCUT2D eigenvalue weighted by Gasteiger charge is 2.35. The predicted octanol–water partition coefficient (Wildman–Crippen LogP) is 1.28. The van der Waals surface area contributed by atoms with Gasteiger partial charge in [0.25, 0.3) is 5.91 Å². The molecule has 0 radical (unpaired) electrons. The van der Waals surface area contributed by atoms with Crippen LogP contribution in [0.1, 0.15) is 49.0 Å². The molecule has 3 saturated heterocycles. The molecule has 0 N–H and O–H groups in total. The summed E-state index contributed by atoms with van der Waals surface area (Å²) in [6, 6.07) is 1.50. The Morgan fingerprint density at radius 2 is 1.45 bits per heavy atom. The van der Waals surface area contributed by atoms with Crippen molar-refractivity contribution in [2.75, 3.05) is 39.3 Å². The van der Waals surface area contributed by atoms with Crippen LogP contribution >= 0.6 is 0 Å². The van der Waals surface area contributed by atoms with Gasteiger partial charge in [0.15, 0.2) is 0 Å². The molecular weight excluding hydrogens is 392 g/mol. The molecule has 0 atom stereocenters. The molecule has 29 heavy (non-hydrogen) atoms. The summed E-state index contributed by atoms with van der Waals surface area (Å²) < 4.78 is 29.3. The van der Waals surface area contributed by atoms with Crippen LogP contribution in [-0.4, -0.2) is 78.2 Å². The van der Waals surface area contributed by atoms with E-state index in [1.807, 2.05) is 4.90 Å². The van der Waals surface area contributed by atoms with Crippen molar-refractivity contribution in [1.82, 2.24) is 18.7 Å². The second-order valence-electron chi connectivity index (χ2n) is 8.38. The summed E-state index contributed by atoms with van der Waals surface area (Å²) in [6.07, 6.45) is 6.75. The minimum absolute atomic E-state index is 0.0809. The molecule has 4 heterocycles. The summed E-state index contributed by atoms with van der Waals surface area (Å²) in [5, 5.41) is 0. The van der Waals surface area contributed by atoms with Gasteiger partial charge in [0.1, 0.15) is 10.6 Å². The van der Waals surface area contributed by atoms with Crippen molar-refractivity contribution in [2.45, 2.75) is 43.4 Å². The highest BCUT2D eigenvalue weighted by Crippen LogP contribution is 2.27. The first-order valence-corrected chi connectivity index (χ1v) is 12.1. The number of carbonyl (C=O) groups excluding carboxylic acids is 2. The number of amides is 2. The SMILES string of the molecule is Cn1cc(S(=O)(=O)N2CCC(C(=O)N3CCCC3)CC2)cc1C(=O)N1CCCC1. The van der Waals surface area contributed by atoms with E-state index >= 15 is 0 Å². The molecule has 9 heteroatoms. The Morgan fingerprint density at radius 3 is 2.03 bits per heavy atom. The van der Waals surface area contributed by atoms with Crippen LogP contribution in [0.3, 0.4) is 0 Å². The van der Waals surface area contributed by atoms with Crippen molar-refractivity contribution in [3.05, 3.63) is 18.0 Å².